The van der Waals surface area contributed by atoms with Gasteiger partial charge in [0.1, 0.15) is 5.75 Å². The maximum absolute atomic E-state index is 13.7. The van der Waals surface area contributed by atoms with Gasteiger partial charge in [-0.15, -0.1) is 23.5 Å². The molecular formula is C31H28N4O3S3. The van der Waals surface area contributed by atoms with Crippen molar-refractivity contribution in [3.05, 3.63) is 91.0 Å². The van der Waals surface area contributed by atoms with E-state index in [2.05, 4.69) is 33.8 Å². The lowest BCUT2D eigenvalue weighted by atomic mass is 10.1. The van der Waals surface area contributed by atoms with E-state index >= 15 is 0 Å². The number of para-hydroxylation sites is 1. The smallest absolute Gasteiger partial charge is 0.326 e. The lowest BCUT2D eigenvalue weighted by molar-refractivity contribution is -0.115. The van der Waals surface area contributed by atoms with Gasteiger partial charge in [0, 0.05) is 15.5 Å². The standard InChI is InChI=1S/C31H28N4O3S3/c1-3-25(29(36)34-30-33-22-16-15-20(38-2)18-28(22)41-30)39-21-10-8-9-19(17-21)32-31(37)35-23-11-4-6-13-26(23)40-27-14-7-5-12-24(27)35/h4-18,23,25-26H,3H2,1-2H3,(H,32,37)(H,33,34,36). The average molecular weight is 601 g/mol. The molecule has 0 fully saturated rings. The zero-order chi connectivity index (χ0) is 28.3. The van der Waals surface area contributed by atoms with E-state index < -0.39 is 0 Å². The first-order valence-corrected chi connectivity index (χ1v) is 15.8. The summed E-state index contributed by atoms with van der Waals surface area (Å²) < 4.78 is 6.24. The van der Waals surface area contributed by atoms with E-state index in [9.17, 15) is 9.59 Å². The summed E-state index contributed by atoms with van der Waals surface area (Å²) in [7, 11) is 1.63. The third-order valence-electron chi connectivity index (χ3n) is 6.81. The number of ether oxygens (including phenoxy) is 1. The van der Waals surface area contributed by atoms with Gasteiger partial charge in [0.05, 0.1) is 39.6 Å². The van der Waals surface area contributed by atoms with Gasteiger partial charge in [0.2, 0.25) is 5.91 Å². The second-order valence-electron chi connectivity index (χ2n) is 9.50. The molecule has 3 unspecified atom stereocenters. The van der Waals surface area contributed by atoms with Crippen molar-refractivity contribution in [3.8, 4) is 5.75 Å². The Hall–Kier alpha value is -3.73. The molecule has 0 radical (unpaired) electrons. The van der Waals surface area contributed by atoms with Crippen molar-refractivity contribution in [1.29, 1.82) is 0 Å². The molecule has 0 saturated carbocycles. The largest absolute Gasteiger partial charge is 0.497 e. The second-order valence-corrected chi connectivity index (χ2v) is 13.0. The SMILES string of the molecule is CCC(Sc1cccc(NC(=O)N2c3ccccc3SC3C=CC=CC32)c1)C(=O)Nc1nc2ccc(OC)cc2s1. The molecule has 2 N–H and O–H groups in total. The molecule has 3 atom stereocenters. The highest BCUT2D eigenvalue weighted by Crippen LogP contribution is 2.43. The summed E-state index contributed by atoms with van der Waals surface area (Å²) in [5.41, 5.74) is 2.40. The quantitative estimate of drug-likeness (QED) is 0.211. The summed E-state index contributed by atoms with van der Waals surface area (Å²) in [5.74, 6) is 0.645. The minimum atomic E-state index is -0.326. The lowest BCUT2D eigenvalue weighted by Crippen LogP contribution is -2.49. The zero-order valence-electron chi connectivity index (χ0n) is 22.4. The van der Waals surface area contributed by atoms with Crippen LogP contribution in [-0.4, -0.2) is 40.6 Å². The number of nitrogens with zero attached hydrogens (tertiary/aromatic N) is 2. The number of aromatic nitrogens is 1. The van der Waals surface area contributed by atoms with Crippen molar-refractivity contribution in [1.82, 2.24) is 4.98 Å². The van der Waals surface area contributed by atoms with Crippen molar-refractivity contribution in [2.45, 2.75) is 39.7 Å². The van der Waals surface area contributed by atoms with Crippen LogP contribution in [0, 0.1) is 0 Å². The number of carbonyl (C=O) groups is 2. The van der Waals surface area contributed by atoms with E-state index in [1.807, 2.05) is 84.6 Å². The third-order valence-corrected chi connectivity index (χ3v) is 10.4. The highest BCUT2D eigenvalue weighted by Gasteiger charge is 2.36. The van der Waals surface area contributed by atoms with E-state index in [1.54, 1.807) is 18.9 Å². The van der Waals surface area contributed by atoms with Gasteiger partial charge >= 0.3 is 6.03 Å². The number of fused-ring (bicyclic) bond motifs is 3. The van der Waals surface area contributed by atoms with Gasteiger partial charge in [0.15, 0.2) is 5.13 Å². The molecule has 10 heteroatoms. The molecule has 7 nitrogen and oxygen atoms in total. The van der Waals surface area contributed by atoms with Crippen molar-refractivity contribution in [2.75, 3.05) is 22.6 Å². The Balaban J connectivity index is 1.15. The predicted molar refractivity (Wildman–Crippen MR) is 171 cm³/mol. The average Bonchev–Trinajstić information content (AvgIpc) is 3.40. The number of nitrogens with one attached hydrogen (secondary N) is 2. The molecule has 2 heterocycles. The number of carbonyl (C=O) groups excluding carboxylic acids is 2. The van der Waals surface area contributed by atoms with Crippen LogP contribution >= 0.6 is 34.9 Å². The highest BCUT2D eigenvalue weighted by atomic mass is 32.2. The van der Waals surface area contributed by atoms with Gasteiger partial charge in [-0.1, -0.05) is 60.8 Å². The van der Waals surface area contributed by atoms with Crippen LogP contribution in [0.1, 0.15) is 13.3 Å². The summed E-state index contributed by atoms with van der Waals surface area (Å²) >= 11 is 4.66. The van der Waals surface area contributed by atoms with E-state index in [0.29, 0.717) is 17.2 Å². The van der Waals surface area contributed by atoms with Gasteiger partial charge in [-0.3, -0.25) is 9.69 Å². The molecular weight excluding hydrogens is 573 g/mol. The highest BCUT2D eigenvalue weighted by molar-refractivity contribution is 8.00. The third kappa shape index (κ3) is 5.86. The minimum Gasteiger partial charge on any atom is -0.497 e. The lowest BCUT2D eigenvalue weighted by Gasteiger charge is -2.40. The molecule has 6 rings (SSSR count). The van der Waals surface area contributed by atoms with E-state index in [4.69, 9.17) is 4.74 Å². The van der Waals surface area contributed by atoms with Crippen molar-refractivity contribution in [3.63, 3.8) is 0 Å². The normalized spacial score (nSPS) is 18.0. The van der Waals surface area contributed by atoms with Gasteiger partial charge in [0.25, 0.3) is 0 Å². The van der Waals surface area contributed by atoms with Crippen LogP contribution < -0.4 is 20.3 Å². The van der Waals surface area contributed by atoms with Crippen LogP contribution in [-0.2, 0) is 4.79 Å². The van der Waals surface area contributed by atoms with Crippen LogP contribution in [0.5, 0.6) is 5.75 Å². The fraction of sp³-hybridized carbons (Fsp3) is 0.194. The number of amides is 3. The van der Waals surface area contributed by atoms with Crippen molar-refractivity contribution in [2.24, 2.45) is 0 Å². The van der Waals surface area contributed by atoms with Crippen LogP contribution in [0.2, 0.25) is 0 Å². The number of methoxy groups -OCH3 is 1. The molecule has 1 aliphatic carbocycles. The number of thioether (sulfide) groups is 2. The van der Waals surface area contributed by atoms with Crippen molar-refractivity contribution >= 4 is 73.5 Å². The fourth-order valence-corrected chi connectivity index (χ4v) is 7.98. The topological polar surface area (TPSA) is 83.6 Å². The van der Waals surface area contributed by atoms with Gasteiger partial charge in [-0.2, -0.15) is 0 Å². The summed E-state index contributed by atoms with van der Waals surface area (Å²) in [5, 5.41) is 6.47. The summed E-state index contributed by atoms with van der Waals surface area (Å²) in [6.07, 6.45) is 8.88. The monoisotopic (exact) mass is 600 g/mol. The molecule has 2 aliphatic rings. The van der Waals surface area contributed by atoms with Gasteiger partial charge in [-0.25, -0.2) is 9.78 Å². The molecule has 41 heavy (non-hydrogen) atoms. The van der Waals surface area contributed by atoms with Gasteiger partial charge in [-0.05, 0) is 55.0 Å². The predicted octanol–water partition coefficient (Wildman–Crippen LogP) is 7.82. The number of benzene rings is 3. The number of urea groups is 1. The first-order chi connectivity index (χ1) is 20.0. The van der Waals surface area contributed by atoms with Crippen molar-refractivity contribution < 1.29 is 14.3 Å². The number of thiazole rings is 1. The molecule has 208 valence electrons. The summed E-state index contributed by atoms with van der Waals surface area (Å²) in [4.78, 5) is 35.2. The molecule has 1 aliphatic heterocycles. The number of anilines is 3. The molecule has 0 bridgehead atoms. The van der Waals surface area contributed by atoms with E-state index in [1.165, 1.54) is 23.1 Å². The Morgan fingerprint density at radius 1 is 1.05 bits per heavy atom. The maximum atomic E-state index is 13.7. The van der Waals surface area contributed by atoms with Crippen LogP contribution in [0.3, 0.4) is 0 Å². The van der Waals surface area contributed by atoms with Gasteiger partial charge < -0.3 is 15.4 Å². The van der Waals surface area contributed by atoms with E-state index in [0.717, 1.165) is 31.4 Å². The number of rotatable bonds is 7. The van der Waals surface area contributed by atoms with Crippen LogP contribution in [0.15, 0.2) is 101 Å². The fourth-order valence-electron chi connectivity index (χ4n) is 4.81. The molecule has 0 saturated heterocycles. The molecule has 3 amide bonds. The Morgan fingerprint density at radius 3 is 2.76 bits per heavy atom. The Bertz CT molecular complexity index is 1670. The number of hydrogen-bond acceptors (Lipinski definition) is 7. The Morgan fingerprint density at radius 2 is 1.90 bits per heavy atom. The van der Waals surface area contributed by atoms with E-state index in [-0.39, 0.29) is 28.5 Å². The molecule has 1 aromatic heterocycles. The van der Waals surface area contributed by atoms with Crippen LogP contribution in [0.25, 0.3) is 10.2 Å². The Kier molecular flexibility index (Phi) is 8.04. The summed E-state index contributed by atoms with van der Waals surface area (Å²) in [6.45, 7) is 1.99. The molecule has 0 spiro atoms. The first-order valence-electron chi connectivity index (χ1n) is 13.3. The first kappa shape index (κ1) is 27.4. The Labute approximate surface area is 251 Å². The van der Waals surface area contributed by atoms with Crippen LogP contribution in [0.4, 0.5) is 21.3 Å². The molecule has 4 aromatic rings. The zero-order valence-corrected chi connectivity index (χ0v) is 24.9. The number of allylic oxidation sites excluding steroid dienone is 2. The minimum absolute atomic E-state index is 0.0748. The summed E-state index contributed by atoms with van der Waals surface area (Å²) in [6, 6.07) is 21.0. The number of hydrogen-bond donors (Lipinski definition) is 2. The maximum Gasteiger partial charge on any atom is 0.326 e. The molecule has 3 aromatic carbocycles. The second kappa shape index (κ2) is 12.0.